The van der Waals surface area contributed by atoms with Crippen molar-refractivity contribution in [2.45, 2.75) is 0 Å². The van der Waals surface area contributed by atoms with Crippen LogP contribution in [0.1, 0.15) is 5.56 Å². The number of aromatic amines is 1. The number of rotatable bonds is 1. The van der Waals surface area contributed by atoms with E-state index in [-0.39, 0.29) is 5.56 Å². The van der Waals surface area contributed by atoms with E-state index in [2.05, 4.69) is 9.97 Å². The minimum Gasteiger partial charge on any atom is -0.313 e. The first kappa shape index (κ1) is 7.22. The first-order chi connectivity index (χ1) is 5.34. The number of nitrogens with one attached hydrogen (secondary N) is 1. The Bertz CT molecular complexity index is 358. The number of H-pyrrole nitrogens is 1. The second-order valence-electron chi connectivity index (χ2n) is 1.80. The van der Waals surface area contributed by atoms with Crippen molar-refractivity contribution in [2.75, 3.05) is 0 Å². The molecule has 4 heteroatoms. The molecular formula is C7H5N3O. The highest BCUT2D eigenvalue weighted by Gasteiger charge is 1.90. The first-order valence-corrected chi connectivity index (χ1v) is 2.93. The summed E-state index contributed by atoms with van der Waals surface area (Å²) in [6.07, 6.45) is 5.33. The highest BCUT2D eigenvalue weighted by molar-refractivity contribution is 5.48. The maximum Gasteiger partial charge on any atom is 0.257 e. The number of hydrogen-bond acceptors (Lipinski definition) is 3. The van der Waals surface area contributed by atoms with Crippen LogP contribution in [0.5, 0.6) is 0 Å². The third kappa shape index (κ3) is 1.76. The van der Waals surface area contributed by atoms with E-state index in [9.17, 15) is 4.79 Å². The molecule has 1 N–H and O–H groups in total. The number of hydrogen-bond donors (Lipinski definition) is 1. The second kappa shape index (κ2) is 3.32. The average molecular weight is 147 g/mol. The van der Waals surface area contributed by atoms with Gasteiger partial charge < -0.3 is 4.98 Å². The smallest absolute Gasteiger partial charge is 0.257 e. The molecule has 0 radical (unpaired) electrons. The fraction of sp³-hybridized carbons (Fsp3) is 0. The maximum atomic E-state index is 10.9. The van der Waals surface area contributed by atoms with E-state index in [0.29, 0.717) is 5.56 Å². The molecule has 0 bridgehead atoms. The zero-order chi connectivity index (χ0) is 8.10. The van der Waals surface area contributed by atoms with Gasteiger partial charge in [-0.3, -0.25) is 4.79 Å². The van der Waals surface area contributed by atoms with Gasteiger partial charge in [0.2, 0.25) is 0 Å². The summed E-state index contributed by atoms with van der Waals surface area (Å²) in [5, 5.41) is 8.15. The van der Waals surface area contributed by atoms with Crippen LogP contribution in [-0.4, -0.2) is 9.97 Å². The molecule has 1 aromatic rings. The minimum atomic E-state index is -0.244. The summed E-state index contributed by atoms with van der Waals surface area (Å²) in [6, 6.07) is 1.78. The van der Waals surface area contributed by atoms with E-state index in [0.717, 1.165) is 0 Å². The molecule has 54 valence electrons. The number of aromatic nitrogens is 2. The molecule has 1 heterocycles. The van der Waals surface area contributed by atoms with Gasteiger partial charge in [-0.05, 0) is 6.08 Å². The van der Waals surface area contributed by atoms with Gasteiger partial charge in [-0.25, -0.2) is 4.98 Å². The minimum absolute atomic E-state index is 0.244. The molecule has 0 saturated heterocycles. The van der Waals surface area contributed by atoms with Gasteiger partial charge in [-0.15, -0.1) is 0 Å². The normalized spacial score (nSPS) is 9.73. The molecule has 0 aliphatic carbocycles. The van der Waals surface area contributed by atoms with Crippen LogP contribution in [0, 0.1) is 11.3 Å². The Morgan fingerprint density at radius 2 is 2.55 bits per heavy atom. The van der Waals surface area contributed by atoms with Crippen molar-refractivity contribution in [1.29, 1.82) is 5.26 Å². The van der Waals surface area contributed by atoms with Crippen LogP contribution in [0.15, 0.2) is 23.4 Å². The quantitative estimate of drug-likeness (QED) is 0.581. The Balaban J connectivity index is 3.07. The van der Waals surface area contributed by atoms with Crippen molar-refractivity contribution in [3.63, 3.8) is 0 Å². The summed E-state index contributed by atoms with van der Waals surface area (Å²) < 4.78 is 0. The molecule has 0 aromatic carbocycles. The maximum absolute atomic E-state index is 10.9. The lowest BCUT2D eigenvalue weighted by Gasteiger charge is -1.85. The van der Waals surface area contributed by atoms with E-state index >= 15 is 0 Å². The fourth-order valence-electron chi connectivity index (χ4n) is 0.601. The van der Waals surface area contributed by atoms with Gasteiger partial charge in [0.15, 0.2) is 0 Å². The molecule has 1 rings (SSSR count). The molecule has 0 spiro atoms. The van der Waals surface area contributed by atoms with E-state index in [4.69, 9.17) is 5.26 Å². The molecule has 0 aliphatic heterocycles. The standard InChI is InChI=1S/C7H5N3O/c8-3-1-2-6-4-9-5-10-7(6)11/h1-2,4-5H,(H,9,10,11). The van der Waals surface area contributed by atoms with Crippen LogP contribution in [0.4, 0.5) is 0 Å². The van der Waals surface area contributed by atoms with Crippen molar-refractivity contribution in [1.82, 2.24) is 9.97 Å². The summed E-state index contributed by atoms with van der Waals surface area (Å²) in [7, 11) is 0. The van der Waals surface area contributed by atoms with Crippen molar-refractivity contribution in [3.8, 4) is 6.07 Å². The van der Waals surface area contributed by atoms with Crippen LogP contribution in [0.25, 0.3) is 6.08 Å². The zero-order valence-corrected chi connectivity index (χ0v) is 5.61. The zero-order valence-electron chi connectivity index (χ0n) is 5.61. The van der Waals surface area contributed by atoms with Gasteiger partial charge in [0.25, 0.3) is 5.56 Å². The molecule has 0 unspecified atom stereocenters. The van der Waals surface area contributed by atoms with E-state index in [1.54, 1.807) is 6.07 Å². The SMILES string of the molecule is N#CC=Cc1cnc[nH]c1=O. The Hall–Kier alpha value is -1.89. The van der Waals surface area contributed by atoms with E-state index < -0.39 is 0 Å². The Kier molecular flexibility index (Phi) is 2.18. The van der Waals surface area contributed by atoms with Crippen molar-refractivity contribution in [3.05, 3.63) is 34.5 Å². The number of nitriles is 1. The molecule has 0 fully saturated rings. The monoisotopic (exact) mass is 147 g/mol. The van der Waals surface area contributed by atoms with Crippen LogP contribution < -0.4 is 5.56 Å². The first-order valence-electron chi connectivity index (χ1n) is 2.93. The summed E-state index contributed by atoms with van der Waals surface area (Å²) in [5.74, 6) is 0. The van der Waals surface area contributed by atoms with Gasteiger partial charge in [0.05, 0.1) is 18.0 Å². The second-order valence-corrected chi connectivity index (χ2v) is 1.80. The third-order valence-electron chi connectivity index (χ3n) is 1.08. The summed E-state index contributed by atoms with van der Waals surface area (Å²) >= 11 is 0. The van der Waals surface area contributed by atoms with Gasteiger partial charge in [-0.2, -0.15) is 5.26 Å². The summed E-state index contributed by atoms with van der Waals surface area (Å²) in [5.41, 5.74) is 0.139. The van der Waals surface area contributed by atoms with Crippen LogP contribution >= 0.6 is 0 Å². The summed E-state index contributed by atoms with van der Waals surface area (Å²) in [6.45, 7) is 0. The molecular weight excluding hydrogens is 142 g/mol. The highest BCUT2D eigenvalue weighted by atomic mass is 16.1. The van der Waals surface area contributed by atoms with Crippen LogP contribution in [-0.2, 0) is 0 Å². The van der Waals surface area contributed by atoms with Crippen molar-refractivity contribution in [2.24, 2.45) is 0 Å². The lowest BCUT2D eigenvalue weighted by molar-refractivity contribution is 1.11. The van der Waals surface area contributed by atoms with Gasteiger partial charge in [-0.1, -0.05) is 0 Å². The Morgan fingerprint density at radius 1 is 1.73 bits per heavy atom. The molecule has 11 heavy (non-hydrogen) atoms. The van der Waals surface area contributed by atoms with Crippen LogP contribution in [0.2, 0.25) is 0 Å². The summed E-state index contributed by atoms with van der Waals surface area (Å²) in [4.78, 5) is 16.9. The van der Waals surface area contributed by atoms with Gasteiger partial charge in [0.1, 0.15) is 0 Å². The Morgan fingerprint density at radius 3 is 3.18 bits per heavy atom. The molecule has 0 aliphatic rings. The van der Waals surface area contributed by atoms with Crippen molar-refractivity contribution >= 4 is 6.08 Å². The van der Waals surface area contributed by atoms with Gasteiger partial charge >= 0.3 is 0 Å². The predicted octanol–water partition coefficient (Wildman–Crippen LogP) is 0.307. The average Bonchev–Trinajstić information content (AvgIpc) is 2.03. The molecule has 0 atom stereocenters. The van der Waals surface area contributed by atoms with E-state index in [1.165, 1.54) is 24.7 Å². The fourth-order valence-corrected chi connectivity index (χ4v) is 0.601. The molecule has 4 nitrogen and oxygen atoms in total. The largest absolute Gasteiger partial charge is 0.313 e. The van der Waals surface area contributed by atoms with Gasteiger partial charge in [0, 0.05) is 12.3 Å². The van der Waals surface area contributed by atoms with Crippen molar-refractivity contribution < 1.29 is 0 Å². The number of nitrogens with zero attached hydrogens (tertiary/aromatic N) is 2. The van der Waals surface area contributed by atoms with Crippen LogP contribution in [0.3, 0.4) is 0 Å². The molecule has 0 amide bonds. The lowest BCUT2D eigenvalue weighted by atomic mass is 10.3. The highest BCUT2D eigenvalue weighted by Crippen LogP contribution is 1.88. The predicted molar refractivity (Wildman–Crippen MR) is 39.5 cm³/mol. The third-order valence-corrected chi connectivity index (χ3v) is 1.08. The topological polar surface area (TPSA) is 69.5 Å². The Labute approximate surface area is 62.8 Å². The number of allylic oxidation sites excluding steroid dienone is 1. The lowest BCUT2D eigenvalue weighted by Crippen LogP contribution is -2.08. The van der Waals surface area contributed by atoms with E-state index in [1.807, 2.05) is 0 Å². The molecule has 0 saturated carbocycles. The molecule has 1 aromatic heterocycles.